The summed E-state index contributed by atoms with van der Waals surface area (Å²) in [6.07, 6.45) is 6.39. The highest BCUT2D eigenvalue weighted by Crippen LogP contribution is 2.01. The number of benzene rings is 1. The maximum Gasteiger partial charge on any atom is 0.0741 e. The van der Waals surface area contributed by atoms with Gasteiger partial charge in [0, 0.05) is 6.54 Å². The number of hydrogen-bond acceptors (Lipinski definition) is 1. The minimum absolute atomic E-state index is 0.200. The van der Waals surface area contributed by atoms with Crippen LogP contribution in [-0.2, 0) is 6.42 Å². The topological polar surface area (TPSA) is 12.0 Å². The van der Waals surface area contributed by atoms with Crippen molar-refractivity contribution in [2.45, 2.75) is 25.8 Å². The lowest BCUT2D eigenvalue weighted by molar-refractivity contribution is 0.495. The Morgan fingerprint density at radius 1 is 1.29 bits per heavy atom. The van der Waals surface area contributed by atoms with Crippen LogP contribution in [0.2, 0.25) is 0 Å². The van der Waals surface area contributed by atoms with Crippen LogP contribution in [0, 0.1) is 12.3 Å². The molecule has 74 valence electrons. The molecule has 0 saturated heterocycles. The maximum atomic E-state index is 5.37. The normalized spacial score (nSPS) is 10.9. The third-order valence-electron chi connectivity index (χ3n) is 2.18. The third-order valence-corrected chi connectivity index (χ3v) is 2.18. The molecule has 0 saturated carbocycles. The molecular formula is C13H17N. The fraction of sp³-hybridized carbons (Fsp3) is 0.385. The molecule has 14 heavy (non-hydrogen) atoms. The van der Waals surface area contributed by atoms with Crippen molar-refractivity contribution in [3.8, 4) is 12.3 Å². The molecule has 0 amide bonds. The van der Waals surface area contributed by atoms with Crippen LogP contribution in [-0.4, -0.2) is 12.1 Å². The summed E-state index contributed by atoms with van der Waals surface area (Å²) in [5, 5.41) is 3.32. The largest absolute Gasteiger partial charge is 0.301 e. The predicted molar refractivity (Wildman–Crippen MR) is 61.1 cm³/mol. The van der Waals surface area contributed by atoms with Gasteiger partial charge in [0.05, 0.1) is 5.54 Å². The number of rotatable bonds is 4. The van der Waals surface area contributed by atoms with Crippen LogP contribution in [0.1, 0.15) is 19.4 Å². The van der Waals surface area contributed by atoms with E-state index in [1.807, 2.05) is 19.9 Å². The van der Waals surface area contributed by atoms with Crippen LogP contribution in [0.5, 0.6) is 0 Å². The molecule has 0 aromatic heterocycles. The fourth-order valence-corrected chi connectivity index (χ4v) is 1.22. The number of terminal acetylenes is 1. The predicted octanol–water partition coefficient (Wildman–Crippen LogP) is 2.23. The summed E-state index contributed by atoms with van der Waals surface area (Å²) in [5.41, 5.74) is 1.14. The zero-order valence-electron chi connectivity index (χ0n) is 8.88. The van der Waals surface area contributed by atoms with E-state index >= 15 is 0 Å². The van der Waals surface area contributed by atoms with Gasteiger partial charge in [0.15, 0.2) is 0 Å². The van der Waals surface area contributed by atoms with Crippen molar-refractivity contribution in [3.05, 3.63) is 35.9 Å². The van der Waals surface area contributed by atoms with Crippen LogP contribution in [0.3, 0.4) is 0 Å². The quantitative estimate of drug-likeness (QED) is 0.713. The molecular weight excluding hydrogens is 170 g/mol. The van der Waals surface area contributed by atoms with Gasteiger partial charge < -0.3 is 5.32 Å². The molecule has 1 rings (SSSR count). The molecule has 0 aliphatic heterocycles. The van der Waals surface area contributed by atoms with E-state index in [4.69, 9.17) is 6.42 Å². The Balaban J connectivity index is 2.34. The van der Waals surface area contributed by atoms with Gasteiger partial charge in [-0.25, -0.2) is 0 Å². The monoisotopic (exact) mass is 187 g/mol. The highest BCUT2D eigenvalue weighted by Gasteiger charge is 2.10. The first kappa shape index (κ1) is 10.8. The minimum Gasteiger partial charge on any atom is -0.301 e. The molecule has 0 heterocycles. The Labute approximate surface area is 86.5 Å². The first-order valence-electron chi connectivity index (χ1n) is 4.91. The lowest BCUT2D eigenvalue weighted by Gasteiger charge is -2.19. The SMILES string of the molecule is C#CC(C)(C)NCCc1ccccc1. The standard InChI is InChI=1S/C13H17N/c1-4-13(2,3)14-11-10-12-8-6-5-7-9-12/h1,5-9,14H,10-11H2,2-3H3. The molecule has 0 aliphatic rings. The van der Waals surface area contributed by atoms with Crippen LogP contribution < -0.4 is 5.32 Å². The lowest BCUT2D eigenvalue weighted by atomic mass is 10.1. The summed E-state index contributed by atoms with van der Waals surface area (Å²) in [7, 11) is 0. The summed E-state index contributed by atoms with van der Waals surface area (Å²) < 4.78 is 0. The Bertz CT molecular complexity index is 306. The van der Waals surface area contributed by atoms with E-state index in [1.165, 1.54) is 5.56 Å². The Morgan fingerprint density at radius 3 is 2.50 bits per heavy atom. The van der Waals surface area contributed by atoms with Crippen molar-refractivity contribution >= 4 is 0 Å². The van der Waals surface area contributed by atoms with E-state index in [0.717, 1.165) is 13.0 Å². The fourth-order valence-electron chi connectivity index (χ4n) is 1.22. The van der Waals surface area contributed by atoms with Gasteiger partial charge in [-0.05, 0) is 25.8 Å². The number of hydrogen-bond donors (Lipinski definition) is 1. The van der Waals surface area contributed by atoms with Gasteiger partial charge >= 0.3 is 0 Å². The van der Waals surface area contributed by atoms with Crippen molar-refractivity contribution in [1.82, 2.24) is 5.32 Å². The Hall–Kier alpha value is -1.26. The van der Waals surface area contributed by atoms with Crippen molar-refractivity contribution in [1.29, 1.82) is 0 Å². The molecule has 1 aromatic rings. The highest BCUT2D eigenvalue weighted by atomic mass is 14.9. The molecule has 0 aliphatic carbocycles. The zero-order valence-corrected chi connectivity index (χ0v) is 8.88. The molecule has 1 heteroatoms. The third kappa shape index (κ3) is 3.64. The molecule has 0 bridgehead atoms. The van der Waals surface area contributed by atoms with Crippen LogP contribution in [0.15, 0.2) is 30.3 Å². The molecule has 1 aromatic carbocycles. The molecule has 0 spiro atoms. The van der Waals surface area contributed by atoms with E-state index in [0.29, 0.717) is 0 Å². The first-order chi connectivity index (χ1) is 6.64. The van der Waals surface area contributed by atoms with Crippen molar-refractivity contribution < 1.29 is 0 Å². The van der Waals surface area contributed by atoms with E-state index in [9.17, 15) is 0 Å². The lowest BCUT2D eigenvalue weighted by Crippen LogP contribution is -2.38. The average Bonchev–Trinajstić information content (AvgIpc) is 2.19. The van der Waals surface area contributed by atoms with Gasteiger partial charge in [0.1, 0.15) is 0 Å². The molecule has 0 fully saturated rings. The highest BCUT2D eigenvalue weighted by molar-refractivity contribution is 5.15. The average molecular weight is 187 g/mol. The smallest absolute Gasteiger partial charge is 0.0741 e. The van der Waals surface area contributed by atoms with Gasteiger partial charge in [0.25, 0.3) is 0 Å². The Kier molecular flexibility index (Phi) is 3.73. The second-order valence-electron chi connectivity index (χ2n) is 3.93. The van der Waals surface area contributed by atoms with Gasteiger partial charge in [-0.15, -0.1) is 6.42 Å². The molecule has 0 atom stereocenters. The Morgan fingerprint density at radius 2 is 1.93 bits per heavy atom. The van der Waals surface area contributed by atoms with Crippen molar-refractivity contribution in [2.24, 2.45) is 0 Å². The molecule has 0 unspecified atom stereocenters. The summed E-state index contributed by atoms with van der Waals surface area (Å²) in [6.45, 7) is 4.94. The second-order valence-corrected chi connectivity index (χ2v) is 3.93. The van der Waals surface area contributed by atoms with E-state index in [1.54, 1.807) is 0 Å². The van der Waals surface area contributed by atoms with E-state index < -0.39 is 0 Å². The molecule has 1 N–H and O–H groups in total. The van der Waals surface area contributed by atoms with Crippen LogP contribution >= 0.6 is 0 Å². The van der Waals surface area contributed by atoms with Crippen molar-refractivity contribution in [2.75, 3.05) is 6.54 Å². The second kappa shape index (κ2) is 4.83. The summed E-state index contributed by atoms with van der Waals surface area (Å²) in [5.74, 6) is 2.72. The van der Waals surface area contributed by atoms with Gasteiger partial charge in [-0.2, -0.15) is 0 Å². The van der Waals surface area contributed by atoms with Gasteiger partial charge in [-0.3, -0.25) is 0 Å². The molecule has 1 nitrogen and oxygen atoms in total. The molecule has 0 radical (unpaired) electrons. The maximum absolute atomic E-state index is 5.37. The summed E-state index contributed by atoms with van der Waals surface area (Å²) >= 11 is 0. The van der Waals surface area contributed by atoms with Gasteiger partial charge in [0.2, 0.25) is 0 Å². The zero-order chi connectivity index (χ0) is 10.4. The van der Waals surface area contributed by atoms with E-state index in [2.05, 4.69) is 35.5 Å². The minimum atomic E-state index is -0.200. The first-order valence-corrected chi connectivity index (χ1v) is 4.91. The van der Waals surface area contributed by atoms with Crippen molar-refractivity contribution in [3.63, 3.8) is 0 Å². The summed E-state index contributed by atoms with van der Waals surface area (Å²) in [4.78, 5) is 0. The van der Waals surface area contributed by atoms with Gasteiger partial charge in [-0.1, -0.05) is 36.3 Å². The summed E-state index contributed by atoms with van der Waals surface area (Å²) in [6, 6.07) is 10.4. The van der Waals surface area contributed by atoms with Crippen LogP contribution in [0.4, 0.5) is 0 Å². The van der Waals surface area contributed by atoms with E-state index in [-0.39, 0.29) is 5.54 Å². The van der Waals surface area contributed by atoms with Crippen LogP contribution in [0.25, 0.3) is 0 Å². The number of nitrogens with one attached hydrogen (secondary N) is 1.